The van der Waals surface area contributed by atoms with E-state index in [4.69, 9.17) is 0 Å². The van der Waals surface area contributed by atoms with Crippen LogP contribution in [0.5, 0.6) is 0 Å². The summed E-state index contributed by atoms with van der Waals surface area (Å²) in [6, 6.07) is 0.845. The molecule has 2 aliphatic rings. The van der Waals surface area contributed by atoms with Gasteiger partial charge in [-0.2, -0.15) is 11.8 Å². The summed E-state index contributed by atoms with van der Waals surface area (Å²) in [4.78, 5) is 2.55. The van der Waals surface area contributed by atoms with Gasteiger partial charge in [0.2, 0.25) is 0 Å². The van der Waals surface area contributed by atoms with E-state index >= 15 is 0 Å². The SMILES string of the molecule is CN1CCCCC1CCNCC1CCCS1. The Morgan fingerprint density at radius 1 is 1.25 bits per heavy atom. The van der Waals surface area contributed by atoms with Crippen LogP contribution < -0.4 is 5.32 Å². The minimum absolute atomic E-state index is 0.845. The number of hydrogen-bond acceptors (Lipinski definition) is 3. The first kappa shape index (κ1) is 12.7. The zero-order valence-corrected chi connectivity index (χ0v) is 11.4. The first-order valence-electron chi connectivity index (χ1n) is 6.89. The molecule has 2 atom stereocenters. The van der Waals surface area contributed by atoms with Crippen LogP contribution in [0.4, 0.5) is 0 Å². The van der Waals surface area contributed by atoms with E-state index in [1.54, 1.807) is 0 Å². The predicted molar refractivity (Wildman–Crippen MR) is 73.2 cm³/mol. The standard InChI is InChI=1S/C13H26N2S/c1-15-9-3-2-5-12(15)7-8-14-11-13-6-4-10-16-13/h12-14H,2-11H2,1H3. The van der Waals surface area contributed by atoms with Crippen molar-refractivity contribution in [1.29, 1.82) is 0 Å². The second kappa shape index (κ2) is 6.87. The van der Waals surface area contributed by atoms with E-state index in [9.17, 15) is 0 Å². The highest BCUT2D eigenvalue weighted by molar-refractivity contribution is 8.00. The van der Waals surface area contributed by atoms with Crippen LogP contribution in [0.1, 0.15) is 38.5 Å². The van der Waals surface area contributed by atoms with Crippen molar-refractivity contribution in [2.45, 2.75) is 49.8 Å². The van der Waals surface area contributed by atoms with Gasteiger partial charge in [0.1, 0.15) is 0 Å². The van der Waals surface area contributed by atoms with E-state index in [0.717, 1.165) is 11.3 Å². The van der Waals surface area contributed by atoms with Gasteiger partial charge in [0.15, 0.2) is 0 Å². The van der Waals surface area contributed by atoms with Crippen molar-refractivity contribution >= 4 is 11.8 Å². The summed E-state index contributed by atoms with van der Waals surface area (Å²) >= 11 is 2.16. The molecule has 2 unspecified atom stereocenters. The van der Waals surface area contributed by atoms with Gasteiger partial charge < -0.3 is 10.2 Å². The second-order valence-corrected chi connectivity index (χ2v) is 6.67. The fourth-order valence-corrected chi connectivity index (χ4v) is 4.08. The average molecular weight is 242 g/mol. The lowest BCUT2D eigenvalue weighted by atomic mass is 10.0. The van der Waals surface area contributed by atoms with Gasteiger partial charge in [-0.3, -0.25) is 0 Å². The number of nitrogens with one attached hydrogen (secondary N) is 1. The third-order valence-corrected chi connectivity index (χ3v) is 5.37. The maximum Gasteiger partial charge on any atom is 0.0172 e. The van der Waals surface area contributed by atoms with Gasteiger partial charge in [0.25, 0.3) is 0 Å². The van der Waals surface area contributed by atoms with Crippen molar-refractivity contribution in [2.24, 2.45) is 0 Å². The van der Waals surface area contributed by atoms with Crippen LogP contribution in [-0.4, -0.2) is 48.6 Å². The normalized spacial score (nSPS) is 32.1. The Morgan fingerprint density at radius 3 is 2.94 bits per heavy atom. The second-order valence-electron chi connectivity index (χ2n) is 5.26. The molecular formula is C13H26N2S. The highest BCUT2D eigenvalue weighted by atomic mass is 32.2. The Balaban J connectivity index is 1.53. The minimum atomic E-state index is 0.845. The number of piperidine rings is 1. The molecule has 0 radical (unpaired) electrons. The van der Waals surface area contributed by atoms with Crippen LogP contribution >= 0.6 is 11.8 Å². The van der Waals surface area contributed by atoms with Crippen molar-refractivity contribution in [2.75, 3.05) is 32.4 Å². The van der Waals surface area contributed by atoms with Gasteiger partial charge in [-0.15, -0.1) is 0 Å². The van der Waals surface area contributed by atoms with Gasteiger partial charge in [-0.05, 0) is 58.0 Å². The maximum absolute atomic E-state index is 3.65. The maximum atomic E-state index is 3.65. The zero-order valence-electron chi connectivity index (χ0n) is 10.6. The summed E-state index contributed by atoms with van der Waals surface area (Å²) in [5.41, 5.74) is 0. The van der Waals surface area contributed by atoms with Crippen molar-refractivity contribution < 1.29 is 0 Å². The molecule has 1 N–H and O–H groups in total. The third kappa shape index (κ3) is 3.94. The topological polar surface area (TPSA) is 15.3 Å². The highest BCUT2D eigenvalue weighted by Gasteiger charge is 2.19. The molecular weight excluding hydrogens is 216 g/mol. The fraction of sp³-hybridized carbons (Fsp3) is 1.00. The fourth-order valence-electron chi connectivity index (χ4n) is 2.85. The first-order chi connectivity index (χ1) is 7.86. The molecule has 2 aliphatic heterocycles. The van der Waals surface area contributed by atoms with Crippen molar-refractivity contribution in [1.82, 2.24) is 10.2 Å². The first-order valence-corrected chi connectivity index (χ1v) is 7.93. The highest BCUT2D eigenvalue weighted by Crippen LogP contribution is 2.25. The lowest BCUT2D eigenvalue weighted by Crippen LogP contribution is -2.38. The zero-order chi connectivity index (χ0) is 11.2. The summed E-state index contributed by atoms with van der Waals surface area (Å²) in [5, 5.41) is 4.55. The molecule has 2 saturated heterocycles. The van der Waals surface area contributed by atoms with Crippen molar-refractivity contribution in [3.63, 3.8) is 0 Å². The predicted octanol–water partition coefficient (Wildman–Crippen LogP) is 2.35. The molecule has 0 bridgehead atoms. The van der Waals surface area contributed by atoms with Crippen LogP contribution in [0.2, 0.25) is 0 Å². The third-order valence-electron chi connectivity index (χ3n) is 3.97. The van der Waals surface area contributed by atoms with E-state index in [0.29, 0.717) is 0 Å². The lowest BCUT2D eigenvalue weighted by molar-refractivity contribution is 0.175. The molecule has 2 rings (SSSR count). The quantitative estimate of drug-likeness (QED) is 0.745. The molecule has 2 heterocycles. The molecule has 0 aromatic rings. The van der Waals surface area contributed by atoms with Crippen LogP contribution in [0.25, 0.3) is 0 Å². The lowest BCUT2D eigenvalue weighted by Gasteiger charge is -2.32. The molecule has 0 aliphatic carbocycles. The Bertz CT molecular complexity index is 192. The summed E-state index contributed by atoms with van der Waals surface area (Å²) in [6.07, 6.45) is 8.46. The van der Waals surface area contributed by atoms with E-state index < -0.39 is 0 Å². The molecule has 16 heavy (non-hydrogen) atoms. The Labute approximate surface area is 105 Å². The van der Waals surface area contributed by atoms with Crippen LogP contribution in [0.15, 0.2) is 0 Å². The van der Waals surface area contributed by atoms with Gasteiger partial charge in [-0.25, -0.2) is 0 Å². The van der Waals surface area contributed by atoms with Crippen molar-refractivity contribution in [3.8, 4) is 0 Å². The van der Waals surface area contributed by atoms with Gasteiger partial charge >= 0.3 is 0 Å². The number of thioether (sulfide) groups is 1. The van der Waals surface area contributed by atoms with Gasteiger partial charge in [0, 0.05) is 17.8 Å². The number of hydrogen-bond donors (Lipinski definition) is 1. The monoisotopic (exact) mass is 242 g/mol. The van der Waals surface area contributed by atoms with E-state index in [2.05, 4.69) is 29.0 Å². The molecule has 0 spiro atoms. The molecule has 94 valence electrons. The Kier molecular flexibility index (Phi) is 5.46. The van der Waals surface area contributed by atoms with Crippen LogP contribution in [0, 0.1) is 0 Å². The Morgan fingerprint density at radius 2 is 2.19 bits per heavy atom. The largest absolute Gasteiger partial charge is 0.316 e. The smallest absolute Gasteiger partial charge is 0.0172 e. The van der Waals surface area contributed by atoms with Crippen molar-refractivity contribution in [3.05, 3.63) is 0 Å². The van der Waals surface area contributed by atoms with E-state index in [1.807, 2.05) is 0 Å². The molecule has 0 saturated carbocycles. The summed E-state index contributed by atoms with van der Waals surface area (Å²) < 4.78 is 0. The summed E-state index contributed by atoms with van der Waals surface area (Å²) in [7, 11) is 2.29. The Hall–Kier alpha value is 0.270. The van der Waals surface area contributed by atoms with Gasteiger partial charge in [-0.1, -0.05) is 6.42 Å². The molecule has 2 fully saturated rings. The van der Waals surface area contributed by atoms with Crippen LogP contribution in [0.3, 0.4) is 0 Å². The number of likely N-dealkylation sites (tertiary alicyclic amines) is 1. The van der Waals surface area contributed by atoms with E-state index in [-0.39, 0.29) is 0 Å². The summed E-state index contributed by atoms with van der Waals surface area (Å²) in [6.45, 7) is 3.76. The summed E-state index contributed by atoms with van der Waals surface area (Å²) in [5.74, 6) is 1.39. The number of nitrogens with zero attached hydrogens (tertiary/aromatic N) is 1. The molecule has 0 aromatic carbocycles. The molecule has 0 aromatic heterocycles. The molecule has 0 amide bonds. The average Bonchev–Trinajstić information content (AvgIpc) is 2.79. The molecule has 2 nitrogen and oxygen atoms in total. The number of rotatable bonds is 5. The minimum Gasteiger partial charge on any atom is -0.316 e. The van der Waals surface area contributed by atoms with E-state index in [1.165, 1.54) is 63.9 Å². The van der Waals surface area contributed by atoms with Crippen LogP contribution in [-0.2, 0) is 0 Å². The van der Waals surface area contributed by atoms with Gasteiger partial charge in [0.05, 0.1) is 0 Å². The molecule has 3 heteroatoms.